The predicted octanol–water partition coefficient (Wildman–Crippen LogP) is 4.98. The van der Waals surface area contributed by atoms with Crippen LogP contribution in [0.2, 0.25) is 0 Å². The number of esters is 2. The summed E-state index contributed by atoms with van der Waals surface area (Å²) in [7, 11) is 2.41. The van der Waals surface area contributed by atoms with E-state index in [0.717, 1.165) is 16.7 Å². The first-order chi connectivity index (χ1) is 21.1. The molecule has 0 saturated heterocycles. The van der Waals surface area contributed by atoms with E-state index in [1.165, 1.54) is 14.2 Å². The summed E-state index contributed by atoms with van der Waals surface area (Å²) in [5, 5.41) is 2.58. The van der Waals surface area contributed by atoms with E-state index in [4.69, 9.17) is 28.4 Å². The highest BCUT2D eigenvalue weighted by molar-refractivity contribution is 5.82. The van der Waals surface area contributed by atoms with Crippen LogP contribution in [0, 0.1) is 0 Å². The van der Waals surface area contributed by atoms with Crippen LogP contribution in [0.5, 0.6) is 0 Å². The molecule has 0 spiro atoms. The lowest BCUT2D eigenvalue weighted by molar-refractivity contribution is -0.191. The zero-order valence-corrected chi connectivity index (χ0v) is 25.8. The molecule has 10 heteroatoms. The molecule has 0 bridgehead atoms. The van der Waals surface area contributed by atoms with E-state index in [2.05, 4.69) is 5.32 Å². The van der Waals surface area contributed by atoms with E-state index in [0.29, 0.717) is 0 Å². The predicted molar refractivity (Wildman–Crippen MR) is 162 cm³/mol. The van der Waals surface area contributed by atoms with E-state index in [9.17, 15) is 14.4 Å². The third kappa shape index (κ3) is 11.1. The Kier molecular flexibility index (Phi) is 13.3. The average Bonchev–Trinajstić information content (AvgIpc) is 3.02. The summed E-state index contributed by atoms with van der Waals surface area (Å²) in [5.41, 5.74) is 1.50. The molecular weight excluding hydrogens is 566 g/mol. The summed E-state index contributed by atoms with van der Waals surface area (Å²) in [4.78, 5) is 39.6. The molecule has 4 atom stereocenters. The first kappa shape index (κ1) is 34.2. The summed E-state index contributed by atoms with van der Waals surface area (Å²) in [6.07, 6.45) is -4.84. The normalized spacial score (nSPS) is 14.0. The molecule has 3 aromatic carbocycles. The van der Waals surface area contributed by atoms with Gasteiger partial charge in [-0.3, -0.25) is 0 Å². The number of amides is 1. The van der Waals surface area contributed by atoms with Gasteiger partial charge in [-0.2, -0.15) is 0 Å². The van der Waals surface area contributed by atoms with Crippen molar-refractivity contribution in [3.05, 3.63) is 108 Å². The van der Waals surface area contributed by atoms with Crippen LogP contribution in [-0.4, -0.2) is 62.2 Å². The van der Waals surface area contributed by atoms with Crippen molar-refractivity contribution in [3.8, 4) is 0 Å². The lowest BCUT2D eigenvalue weighted by Crippen LogP contribution is -2.59. The maximum atomic E-state index is 13.3. The van der Waals surface area contributed by atoms with Crippen molar-refractivity contribution < 1.29 is 42.8 Å². The van der Waals surface area contributed by atoms with Gasteiger partial charge in [0.15, 0.2) is 12.1 Å². The lowest BCUT2D eigenvalue weighted by atomic mass is 9.99. The number of methoxy groups -OCH3 is 2. The Morgan fingerprint density at radius 1 is 0.614 bits per heavy atom. The van der Waals surface area contributed by atoms with Crippen LogP contribution < -0.4 is 5.32 Å². The van der Waals surface area contributed by atoms with Crippen molar-refractivity contribution in [1.82, 2.24) is 5.32 Å². The highest BCUT2D eigenvalue weighted by Gasteiger charge is 2.46. The quantitative estimate of drug-likeness (QED) is 0.188. The molecule has 1 amide bonds. The summed E-state index contributed by atoms with van der Waals surface area (Å²) >= 11 is 0. The minimum atomic E-state index is -1.47. The van der Waals surface area contributed by atoms with Crippen molar-refractivity contribution in [2.75, 3.05) is 14.2 Å². The second-order valence-corrected chi connectivity index (χ2v) is 10.9. The molecule has 0 saturated carbocycles. The van der Waals surface area contributed by atoms with Gasteiger partial charge in [-0.25, -0.2) is 14.4 Å². The van der Waals surface area contributed by atoms with Crippen LogP contribution in [-0.2, 0) is 57.8 Å². The maximum Gasteiger partial charge on any atom is 0.408 e. The molecule has 0 aliphatic rings. The second kappa shape index (κ2) is 17.1. The number of carbonyl (C=O) groups is 3. The molecule has 236 valence electrons. The van der Waals surface area contributed by atoms with Gasteiger partial charge in [-0.15, -0.1) is 0 Å². The fourth-order valence-electron chi connectivity index (χ4n) is 4.28. The van der Waals surface area contributed by atoms with Crippen LogP contribution >= 0.6 is 0 Å². The SMILES string of the molecule is COC(=O)[C@@H](NC(=O)OC(C)(C)C)[C@@H](OCc1ccccc1)[C@H](OCc1ccccc1)[C@@H](OCc1ccccc1)C(=O)OC. The fourth-order valence-corrected chi connectivity index (χ4v) is 4.28. The molecule has 1 N–H and O–H groups in total. The molecule has 44 heavy (non-hydrogen) atoms. The number of benzene rings is 3. The number of hydrogen-bond acceptors (Lipinski definition) is 9. The summed E-state index contributed by atoms with van der Waals surface area (Å²) in [6, 6.07) is 26.3. The molecule has 0 unspecified atom stereocenters. The van der Waals surface area contributed by atoms with Crippen molar-refractivity contribution in [2.24, 2.45) is 0 Å². The number of ether oxygens (including phenoxy) is 6. The Labute approximate surface area is 258 Å². The van der Waals surface area contributed by atoms with Crippen LogP contribution in [0.3, 0.4) is 0 Å². The molecule has 0 radical (unpaired) electrons. The summed E-state index contributed by atoms with van der Waals surface area (Å²) in [6.45, 7) is 5.14. The fraction of sp³-hybridized carbons (Fsp3) is 0.382. The molecule has 0 aromatic heterocycles. The lowest BCUT2D eigenvalue weighted by Gasteiger charge is -2.36. The van der Waals surface area contributed by atoms with E-state index < -0.39 is 48.0 Å². The minimum Gasteiger partial charge on any atom is -0.467 e. The van der Waals surface area contributed by atoms with Crippen LogP contribution in [0.25, 0.3) is 0 Å². The third-order valence-corrected chi connectivity index (χ3v) is 6.35. The minimum absolute atomic E-state index is 0.00672. The second-order valence-electron chi connectivity index (χ2n) is 10.9. The van der Waals surface area contributed by atoms with Gasteiger partial charge in [0.1, 0.15) is 17.8 Å². The number of rotatable bonds is 15. The van der Waals surface area contributed by atoms with Gasteiger partial charge in [0, 0.05) is 0 Å². The van der Waals surface area contributed by atoms with Gasteiger partial charge >= 0.3 is 18.0 Å². The Morgan fingerprint density at radius 2 is 1.02 bits per heavy atom. The Morgan fingerprint density at radius 3 is 1.43 bits per heavy atom. The molecule has 0 aliphatic carbocycles. The average molecular weight is 608 g/mol. The Hall–Kier alpha value is -4.25. The topological polar surface area (TPSA) is 119 Å². The van der Waals surface area contributed by atoms with E-state index in [-0.39, 0.29) is 19.8 Å². The molecule has 3 aromatic rings. The van der Waals surface area contributed by atoms with E-state index in [1.54, 1.807) is 20.8 Å². The Bertz CT molecular complexity index is 1300. The first-order valence-corrected chi connectivity index (χ1v) is 14.2. The monoisotopic (exact) mass is 607 g/mol. The highest BCUT2D eigenvalue weighted by Crippen LogP contribution is 2.23. The molecule has 10 nitrogen and oxygen atoms in total. The van der Waals surface area contributed by atoms with Crippen LogP contribution in [0.1, 0.15) is 37.5 Å². The maximum absolute atomic E-state index is 13.3. The van der Waals surface area contributed by atoms with E-state index in [1.807, 2.05) is 91.0 Å². The van der Waals surface area contributed by atoms with Crippen LogP contribution in [0.4, 0.5) is 4.79 Å². The smallest absolute Gasteiger partial charge is 0.408 e. The molecule has 3 rings (SSSR count). The van der Waals surface area contributed by atoms with Gasteiger partial charge in [0.2, 0.25) is 0 Å². The number of hydrogen-bond donors (Lipinski definition) is 1. The van der Waals surface area contributed by atoms with Crippen LogP contribution in [0.15, 0.2) is 91.0 Å². The van der Waals surface area contributed by atoms with Crippen molar-refractivity contribution >= 4 is 18.0 Å². The van der Waals surface area contributed by atoms with Crippen molar-refractivity contribution in [1.29, 1.82) is 0 Å². The zero-order valence-electron chi connectivity index (χ0n) is 25.8. The number of carbonyl (C=O) groups excluding carboxylic acids is 3. The summed E-state index contributed by atoms with van der Waals surface area (Å²) in [5.74, 6) is -1.60. The van der Waals surface area contributed by atoms with Crippen molar-refractivity contribution in [3.63, 3.8) is 0 Å². The Balaban J connectivity index is 2.07. The molecule has 0 fully saturated rings. The van der Waals surface area contributed by atoms with Gasteiger partial charge in [-0.05, 0) is 37.5 Å². The van der Waals surface area contributed by atoms with Crippen molar-refractivity contribution in [2.45, 2.75) is 70.5 Å². The molecule has 0 aliphatic heterocycles. The molecular formula is C34H41NO9. The highest BCUT2D eigenvalue weighted by atomic mass is 16.6. The van der Waals surface area contributed by atoms with Gasteiger partial charge < -0.3 is 33.7 Å². The molecule has 0 heterocycles. The van der Waals surface area contributed by atoms with Gasteiger partial charge in [0.25, 0.3) is 0 Å². The first-order valence-electron chi connectivity index (χ1n) is 14.2. The van der Waals surface area contributed by atoms with Gasteiger partial charge in [0.05, 0.1) is 34.0 Å². The van der Waals surface area contributed by atoms with E-state index >= 15 is 0 Å². The zero-order chi connectivity index (χ0) is 32.0. The largest absolute Gasteiger partial charge is 0.467 e. The number of nitrogens with one attached hydrogen (secondary N) is 1. The summed E-state index contributed by atoms with van der Waals surface area (Å²) < 4.78 is 34.5. The number of alkyl carbamates (subject to hydrolysis) is 1. The third-order valence-electron chi connectivity index (χ3n) is 6.35. The van der Waals surface area contributed by atoms with Gasteiger partial charge in [-0.1, -0.05) is 91.0 Å². The standard InChI is InChI=1S/C34H41NO9/c1-34(2,3)44-33(38)35-27(31(36)39-4)28(41-21-24-15-9-6-10-16-24)29(42-22-25-17-11-7-12-18-25)30(32(37)40-5)43-23-26-19-13-8-14-20-26/h6-20,27-30H,21-23H2,1-5H3,(H,35,38)/t27-,28+,29-,30+/m0/s1.